The monoisotopic (exact) mass is 285 g/mol. The predicted molar refractivity (Wildman–Crippen MR) is 83.4 cm³/mol. The van der Waals surface area contributed by atoms with Gasteiger partial charge < -0.3 is 10.1 Å². The molecule has 1 aliphatic rings. The third-order valence-corrected chi connectivity index (χ3v) is 4.02. The van der Waals surface area contributed by atoms with E-state index in [1.807, 2.05) is 6.07 Å². The average Bonchev–Trinajstić information content (AvgIpc) is 2.95. The Labute approximate surface area is 125 Å². The number of hydrogen-bond acceptors (Lipinski definition) is 2. The molecule has 1 unspecified atom stereocenters. The predicted octanol–water partition coefficient (Wildman–Crippen LogP) is 4.63. The molecule has 0 bridgehead atoms. The van der Waals surface area contributed by atoms with Gasteiger partial charge in [-0.15, -0.1) is 0 Å². The summed E-state index contributed by atoms with van der Waals surface area (Å²) in [4.78, 5) is 0. The average molecular weight is 285 g/mol. The van der Waals surface area contributed by atoms with Crippen LogP contribution < -0.4 is 10.1 Å². The molecule has 2 nitrogen and oxygen atoms in total. The number of rotatable bonds is 4. The van der Waals surface area contributed by atoms with Crippen LogP contribution >= 0.6 is 0 Å². The van der Waals surface area contributed by atoms with Crippen molar-refractivity contribution >= 4 is 5.69 Å². The maximum absolute atomic E-state index is 13.3. The van der Waals surface area contributed by atoms with Crippen molar-refractivity contribution in [3.8, 4) is 5.75 Å². The first kappa shape index (κ1) is 13.9. The summed E-state index contributed by atoms with van der Waals surface area (Å²) in [6, 6.07) is 11.8. The van der Waals surface area contributed by atoms with Gasteiger partial charge in [0.05, 0.1) is 12.6 Å². The van der Waals surface area contributed by atoms with E-state index in [4.69, 9.17) is 4.74 Å². The number of aryl methyl sites for hydroxylation is 1. The molecular formula is C18H20FNO. The molecule has 0 aliphatic carbocycles. The molecule has 1 N–H and O–H groups in total. The first-order chi connectivity index (χ1) is 10.2. The van der Waals surface area contributed by atoms with E-state index in [1.165, 1.54) is 17.2 Å². The molecule has 0 saturated carbocycles. The largest absolute Gasteiger partial charge is 0.493 e. The second-order valence-corrected chi connectivity index (χ2v) is 5.53. The molecule has 2 aromatic carbocycles. The maximum Gasteiger partial charge on any atom is 0.126 e. The Balaban J connectivity index is 1.83. The lowest BCUT2D eigenvalue weighted by Crippen LogP contribution is -2.10. The van der Waals surface area contributed by atoms with E-state index in [1.54, 1.807) is 13.0 Å². The molecule has 0 fully saturated rings. The van der Waals surface area contributed by atoms with Gasteiger partial charge >= 0.3 is 0 Å². The van der Waals surface area contributed by atoms with Crippen molar-refractivity contribution in [2.45, 2.75) is 32.7 Å². The number of anilines is 1. The van der Waals surface area contributed by atoms with Gasteiger partial charge in [0.25, 0.3) is 0 Å². The summed E-state index contributed by atoms with van der Waals surface area (Å²) in [5.41, 5.74) is 4.15. The molecule has 0 amide bonds. The normalized spacial score (nSPS) is 14.4. The van der Waals surface area contributed by atoms with Crippen LogP contribution in [0.1, 0.15) is 36.1 Å². The van der Waals surface area contributed by atoms with Crippen molar-refractivity contribution in [3.63, 3.8) is 0 Å². The summed E-state index contributed by atoms with van der Waals surface area (Å²) in [6.07, 6.45) is 1.95. The molecule has 2 aromatic rings. The van der Waals surface area contributed by atoms with Gasteiger partial charge in [0.15, 0.2) is 0 Å². The zero-order chi connectivity index (χ0) is 14.8. The minimum absolute atomic E-state index is 0.164. The topological polar surface area (TPSA) is 21.3 Å². The quantitative estimate of drug-likeness (QED) is 0.884. The fraction of sp³-hybridized carbons (Fsp3) is 0.333. The molecule has 1 heterocycles. The van der Waals surface area contributed by atoms with Crippen LogP contribution in [-0.4, -0.2) is 6.61 Å². The zero-order valence-electron chi connectivity index (χ0n) is 12.4. The van der Waals surface area contributed by atoms with E-state index >= 15 is 0 Å². The second-order valence-electron chi connectivity index (χ2n) is 5.53. The van der Waals surface area contributed by atoms with Crippen LogP contribution in [0, 0.1) is 12.7 Å². The molecule has 3 heteroatoms. The molecule has 1 atom stereocenters. The molecule has 3 rings (SSSR count). The van der Waals surface area contributed by atoms with Crippen molar-refractivity contribution < 1.29 is 9.13 Å². The van der Waals surface area contributed by atoms with E-state index in [0.29, 0.717) is 5.56 Å². The van der Waals surface area contributed by atoms with Crippen LogP contribution in [0.25, 0.3) is 0 Å². The van der Waals surface area contributed by atoms with Crippen molar-refractivity contribution in [1.29, 1.82) is 0 Å². The molecule has 0 aromatic heterocycles. The Morgan fingerprint density at radius 2 is 2.10 bits per heavy atom. The van der Waals surface area contributed by atoms with Gasteiger partial charge in [0, 0.05) is 12.1 Å². The van der Waals surface area contributed by atoms with Crippen molar-refractivity contribution in [1.82, 2.24) is 0 Å². The number of ether oxygens (including phenoxy) is 1. The third kappa shape index (κ3) is 2.87. The van der Waals surface area contributed by atoms with Crippen LogP contribution in [0.15, 0.2) is 36.4 Å². The summed E-state index contributed by atoms with van der Waals surface area (Å²) < 4.78 is 18.9. The fourth-order valence-corrected chi connectivity index (χ4v) is 2.78. The lowest BCUT2D eigenvalue weighted by Gasteiger charge is -2.20. The summed E-state index contributed by atoms with van der Waals surface area (Å²) in [5.74, 6) is 0.842. The van der Waals surface area contributed by atoms with Crippen LogP contribution in [-0.2, 0) is 6.42 Å². The minimum Gasteiger partial charge on any atom is -0.493 e. The molecule has 1 aliphatic heterocycles. The molecule has 0 saturated heterocycles. The van der Waals surface area contributed by atoms with E-state index in [-0.39, 0.29) is 11.9 Å². The minimum atomic E-state index is -0.164. The maximum atomic E-state index is 13.3. The Bertz CT molecular complexity index is 654. The van der Waals surface area contributed by atoms with Crippen molar-refractivity contribution in [2.75, 3.05) is 11.9 Å². The SMILES string of the molecule is CCC(Nc1ccc(F)c(C)c1)c1ccc2c(c1)CCO2. The van der Waals surface area contributed by atoms with Crippen LogP contribution in [0.4, 0.5) is 10.1 Å². The first-order valence-electron chi connectivity index (χ1n) is 7.45. The van der Waals surface area contributed by atoms with E-state index < -0.39 is 0 Å². The van der Waals surface area contributed by atoms with E-state index in [2.05, 4.69) is 30.4 Å². The smallest absolute Gasteiger partial charge is 0.126 e. The fourth-order valence-electron chi connectivity index (χ4n) is 2.78. The number of benzene rings is 2. The third-order valence-electron chi connectivity index (χ3n) is 4.02. The standard InChI is InChI=1S/C18H20FNO/c1-3-17(20-15-5-6-16(19)12(2)10-15)13-4-7-18-14(11-13)8-9-21-18/h4-7,10-11,17,20H,3,8-9H2,1-2H3. The van der Waals surface area contributed by atoms with Crippen molar-refractivity contribution in [2.24, 2.45) is 0 Å². The van der Waals surface area contributed by atoms with Crippen molar-refractivity contribution in [3.05, 3.63) is 58.9 Å². The summed E-state index contributed by atoms with van der Waals surface area (Å²) >= 11 is 0. The van der Waals surface area contributed by atoms with Gasteiger partial charge in [-0.05, 0) is 60.4 Å². The molecule has 110 valence electrons. The Hall–Kier alpha value is -2.03. The summed E-state index contributed by atoms with van der Waals surface area (Å²) in [5, 5.41) is 3.50. The van der Waals surface area contributed by atoms with E-state index in [0.717, 1.165) is 30.9 Å². The highest BCUT2D eigenvalue weighted by atomic mass is 19.1. The highest BCUT2D eigenvalue weighted by molar-refractivity contribution is 5.49. The van der Waals surface area contributed by atoms with Gasteiger partial charge in [0.2, 0.25) is 0 Å². The van der Waals surface area contributed by atoms with Gasteiger partial charge in [-0.2, -0.15) is 0 Å². The highest BCUT2D eigenvalue weighted by Gasteiger charge is 2.16. The van der Waals surface area contributed by atoms with Gasteiger partial charge in [-0.25, -0.2) is 4.39 Å². The number of nitrogens with one attached hydrogen (secondary N) is 1. The lowest BCUT2D eigenvalue weighted by atomic mass is 10.0. The second kappa shape index (κ2) is 5.76. The highest BCUT2D eigenvalue weighted by Crippen LogP contribution is 2.31. The number of halogens is 1. The van der Waals surface area contributed by atoms with Gasteiger partial charge in [-0.3, -0.25) is 0 Å². The Kier molecular flexibility index (Phi) is 3.82. The molecule has 0 spiro atoms. The summed E-state index contributed by atoms with van der Waals surface area (Å²) in [6.45, 7) is 4.71. The van der Waals surface area contributed by atoms with Crippen LogP contribution in [0.3, 0.4) is 0 Å². The van der Waals surface area contributed by atoms with Gasteiger partial charge in [0.1, 0.15) is 11.6 Å². The molecular weight excluding hydrogens is 265 g/mol. The zero-order valence-corrected chi connectivity index (χ0v) is 12.4. The first-order valence-corrected chi connectivity index (χ1v) is 7.45. The lowest BCUT2D eigenvalue weighted by molar-refractivity contribution is 0.357. The number of hydrogen-bond donors (Lipinski definition) is 1. The number of fused-ring (bicyclic) bond motifs is 1. The summed E-state index contributed by atoms with van der Waals surface area (Å²) in [7, 11) is 0. The van der Waals surface area contributed by atoms with E-state index in [9.17, 15) is 4.39 Å². The molecule has 21 heavy (non-hydrogen) atoms. The Morgan fingerprint density at radius 3 is 2.86 bits per heavy atom. The van der Waals surface area contributed by atoms with Crippen LogP contribution in [0.5, 0.6) is 5.75 Å². The van der Waals surface area contributed by atoms with Gasteiger partial charge in [-0.1, -0.05) is 13.0 Å². The molecule has 0 radical (unpaired) electrons. The van der Waals surface area contributed by atoms with Crippen LogP contribution in [0.2, 0.25) is 0 Å². The Morgan fingerprint density at radius 1 is 1.24 bits per heavy atom.